The first-order chi connectivity index (χ1) is 6.52. The van der Waals surface area contributed by atoms with E-state index in [1.54, 1.807) is 0 Å². The summed E-state index contributed by atoms with van der Waals surface area (Å²) in [7, 11) is 0. The summed E-state index contributed by atoms with van der Waals surface area (Å²) in [5.41, 5.74) is 0. The van der Waals surface area contributed by atoms with E-state index in [0.717, 1.165) is 0 Å². The highest BCUT2D eigenvalue weighted by Crippen LogP contribution is 2.32. The van der Waals surface area contributed by atoms with Gasteiger partial charge in [0, 0.05) is 0 Å². The highest BCUT2D eigenvalue weighted by atomic mass is 79.9. The molecule has 0 aliphatic heterocycles. The Morgan fingerprint density at radius 3 is 2.64 bits per heavy atom. The molecule has 0 unspecified atom stereocenters. The Morgan fingerprint density at radius 1 is 1.43 bits per heavy atom. The summed E-state index contributed by atoms with van der Waals surface area (Å²) in [5.74, 6) is -1.14. The molecule has 0 radical (unpaired) electrons. The molecule has 0 spiro atoms. The Labute approximate surface area is 91.9 Å². The van der Waals surface area contributed by atoms with E-state index in [9.17, 15) is 13.2 Å². The molecule has 0 aliphatic carbocycles. The lowest BCUT2D eigenvalue weighted by Gasteiger charge is -2.08. The topological polar surface area (TPSA) is 9.23 Å². The fourth-order valence-corrected chi connectivity index (χ4v) is 1.30. The summed E-state index contributed by atoms with van der Waals surface area (Å²) in [6.45, 7) is -0.882. The van der Waals surface area contributed by atoms with Crippen LogP contribution in [0.4, 0.5) is 13.2 Å². The van der Waals surface area contributed by atoms with Crippen LogP contribution < -0.4 is 4.74 Å². The number of halogens is 5. The fourth-order valence-electron chi connectivity index (χ4n) is 0.787. The Hall–Kier alpha value is -0.420. The third-order valence-corrected chi connectivity index (χ3v) is 2.27. The zero-order valence-corrected chi connectivity index (χ0v) is 9.08. The van der Waals surface area contributed by atoms with Gasteiger partial charge in [-0.25, -0.2) is 13.2 Å². The van der Waals surface area contributed by atoms with Crippen molar-refractivity contribution in [3.8, 4) is 5.75 Å². The molecule has 0 amide bonds. The van der Waals surface area contributed by atoms with Crippen molar-refractivity contribution in [2.75, 3.05) is 6.61 Å². The van der Waals surface area contributed by atoms with Crippen molar-refractivity contribution in [2.24, 2.45) is 0 Å². The van der Waals surface area contributed by atoms with Crippen LogP contribution in [-0.4, -0.2) is 13.0 Å². The van der Waals surface area contributed by atoms with Crippen LogP contribution in [0.3, 0.4) is 0 Å². The van der Waals surface area contributed by atoms with Gasteiger partial charge in [-0.15, -0.1) is 0 Å². The van der Waals surface area contributed by atoms with Gasteiger partial charge in [0.15, 0.2) is 11.6 Å². The lowest BCUT2D eigenvalue weighted by Crippen LogP contribution is -2.08. The largest absolute Gasteiger partial charge is 0.483 e. The van der Waals surface area contributed by atoms with Gasteiger partial charge in [-0.1, -0.05) is 11.6 Å². The molecule has 1 nitrogen and oxygen atoms in total. The summed E-state index contributed by atoms with van der Waals surface area (Å²) < 4.78 is 41.4. The van der Waals surface area contributed by atoms with E-state index >= 15 is 0 Å². The van der Waals surface area contributed by atoms with Gasteiger partial charge < -0.3 is 4.74 Å². The summed E-state index contributed by atoms with van der Waals surface area (Å²) in [6, 6.07) is 2.72. The Bertz CT molecular complexity index is 333. The third-order valence-electron chi connectivity index (χ3n) is 1.36. The van der Waals surface area contributed by atoms with Crippen LogP contribution in [0.15, 0.2) is 16.6 Å². The van der Waals surface area contributed by atoms with Crippen LogP contribution in [0.1, 0.15) is 0 Å². The molecular formula is C8H5BrClF3O. The number of hydrogen-bond acceptors (Lipinski definition) is 1. The normalized spacial score (nSPS) is 10.7. The van der Waals surface area contributed by atoms with E-state index in [1.807, 2.05) is 0 Å². The predicted octanol–water partition coefficient (Wildman–Crippen LogP) is 3.89. The zero-order valence-electron chi connectivity index (χ0n) is 6.74. The molecule has 1 aromatic carbocycles. The number of benzene rings is 1. The molecule has 14 heavy (non-hydrogen) atoms. The number of ether oxygens (including phenoxy) is 1. The van der Waals surface area contributed by atoms with Crippen molar-refractivity contribution < 1.29 is 17.9 Å². The van der Waals surface area contributed by atoms with Gasteiger partial charge in [-0.05, 0) is 28.1 Å². The average molecular weight is 289 g/mol. The van der Waals surface area contributed by atoms with E-state index in [-0.39, 0.29) is 15.2 Å². The van der Waals surface area contributed by atoms with Crippen LogP contribution in [-0.2, 0) is 0 Å². The molecule has 1 rings (SSSR count). The molecule has 0 N–H and O–H groups in total. The number of rotatable bonds is 3. The zero-order chi connectivity index (χ0) is 10.7. The van der Waals surface area contributed by atoms with Crippen molar-refractivity contribution in [1.29, 1.82) is 0 Å². The molecule has 0 fully saturated rings. The van der Waals surface area contributed by atoms with E-state index in [1.165, 1.54) is 12.1 Å². The maximum Gasteiger partial charge on any atom is 0.272 e. The maximum atomic E-state index is 13.2. The van der Waals surface area contributed by atoms with Crippen molar-refractivity contribution in [1.82, 2.24) is 0 Å². The lowest BCUT2D eigenvalue weighted by atomic mass is 10.3. The Balaban J connectivity index is 2.89. The SMILES string of the molecule is Fc1c(Br)ccc(Cl)c1OCC(F)F. The summed E-state index contributed by atoms with van der Waals surface area (Å²) in [4.78, 5) is 0. The van der Waals surface area contributed by atoms with Gasteiger partial charge in [-0.2, -0.15) is 0 Å². The van der Waals surface area contributed by atoms with E-state index in [4.69, 9.17) is 11.6 Å². The molecule has 0 bridgehead atoms. The van der Waals surface area contributed by atoms with Crippen molar-refractivity contribution in [2.45, 2.75) is 6.43 Å². The van der Waals surface area contributed by atoms with E-state index in [2.05, 4.69) is 20.7 Å². The van der Waals surface area contributed by atoms with Gasteiger partial charge in [0.05, 0.1) is 9.50 Å². The second kappa shape index (κ2) is 4.89. The molecule has 0 saturated carbocycles. The Kier molecular flexibility index (Phi) is 4.07. The van der Waals surface area contributed by atoms with Crippen LogP contribution in [0.5, 0.6) is 5.75 Å². The van der Waals surface area contributed by atoms with Gasteiger partial charge in [0.2, 0.25) is 0 Å². The van der Waals surface area contributed by atoms with Crippen LogP contribution in [0, 0.1) is 5.82 Å². The minimum atomic E-state index is -2.66. The summed E-state index contributed by atoms with van der Waals surface area (Å²) >= 11 is 8.44. The average Bonchev–Trinajstić information content (AvgIpc) is 2.11. The second-order valence-corrected chi connectivity index (χ2v) is 3.64. The van der Waals surface area contributed by atoms with Crippen LogP contribution >= 0.6 is 27.5 Å². The molecule has 0 atom stereocenters. The smallest absolute Gasteiger partial charge is 0.272 e. The fraction of sp³-hybridized carbons (Fsp3) is 0.250. The quantitative estimate of drug-likeness (QED) is 0.767. The molecular weight excluding hydrogens is 284 g/mol. The van der Waals surface area contributed by atoms with Gasteiger partial charge in [0.1, 0.15) is 6.61 Å². The van der Waals surface area contributed by atoms with Gasteiger partial charge in [0.25, 0.3) is 6.43 Å². The lowest BCUT2D eigenvalue weighted by molar-refractivity contribution is 0.0799. The van der Waals surface area contributed by atoms with Crippen LogP contribution in [0.25, 0.3) is 0 Å². The first-order valence-corrected chi connectivity index (χ1v) is 4.74. The highest BCUT2D eigenvalue weighted by Gasteiger charge is 2.14. The third kappa shape index (κ3) is 2.78. The first-order valence-electron chi connectivity index (χ1n) is 3.57. The second-order valence-electron chi connectivity index (χ2n) is 2.37. The standard InChI is InChI=1S/C8H5BrClF3O/c9-4-1-2-5(10)8(7(4)13)14-3-6(11)12/h1-2,6H,3H2. The van der Waals surface area contributed by atoms with Crippen molar-refractivity contribution >= 4 is 27.5 Å². The molecule has 0 aromatic heterocycles. The molecule has 0 saturated heterocycles. The van der Waals surface area contributed by atoms with Crippen LogP contribution in [0.2, 0.25) is 5.02 Å². The van der Waals surface area contributed by atoms with Gasteiger partial charge >= 0.3 is 0 Å². The Morgan fingerprint density at radius 2 is 2.07 bits per heavy atom. The highest BCUT2D eigenvalue weighted by molar-refractivity contribution is 9.10. The first kappa shape index (κ1) is 11.7. The van der Waals surface area contributed by atoms with E-state index in [0.29, 0.717) is 0 Å². The minimum absolute atomic E-state index is 0.0358. The number of alkyl halides is 2. The number of hydrogen-bond donors (Lipinski definition) is 0. The van der Waals surface area contributed by atoms with Crippen molar-refractivity contribution in [3.63, 3.8) is 0 Å². The molecule has 6 heteroatoms. The summed E-state index contributed by atoms with van der Waals surface area (Å²) in [5, 5.41) is -0.0358. The molecule has 1 aromatic rings. The summed E-state index contributed by atoms with van der Waals surface area (Å²) in [6.07, 6.45) is -2.66. The minimum Gasteiger partial charge on any atom is -0.483 e. The maximum absolute atomic E-state index is 13.2. The molecule has 78 valence electrons. The van der Waals surface area contributed by atoms with Crippen molar-refractivity contribution in [3.05, 3.63) is 27.4 Å². The van der Waals surface area contributed by atoms with E-state index < -0.39 is 18.8 Å². The molecule has 0 aliphatic rings. The molecule has 0 heterocycles. The van der Waals surface area contributed by atoms with Gasteiger partial charge in [-0.3, -0.25) is 0 Å². The predicted molar refractivity (Wildman–Crippen MR) is 50.6 cm³/mol. The monoisotopic (exact) mass is 288 g/mol.